The van der Waals surface area contributed by atoms with Crippen molar-refractivity contribution in [1.29, 1.82) is 0 Å². The summed E-state index contributed by atoms with van der Waals surface area (Å²) < 4.78 is 2.00. The molecule has 0 rings (SSSR count). The Morgan fingerprint density at radius 2 is 2.09 bits per heavy atom. The maximum atomic E-state index is 10.6. The third-order valence-electron chi connectivity index (χ3n) is 0.661. The maximum Gasteiger partial charge on any atom is 0.361 e. The van der Waals surface area contributed by atoms with E-state index < -0.39 is 16.1 Å². The van der Waals surface area contributed by atoms with Crippen LogP contribution in [0.5, 0.6) is 0 Å². The Morgan fingerprint density at radius 3 is 2.36 bits per heavy atom. The highest BCUT2D eigenvalue weighted by molar-refractivity contribution is 6.75. The van der Waals surface area contributed by atoms with Crippen molar-refractivity contribution < 1.29 is 14.6 Å². The highest BCUT2D eigenvalue weighted by Crippen LogP contribution is 2.27. The molecule has 0 aliphatic rings. The molecule has 0 bridgehead atoms. The van der Waals surface area contributed by atoms with Crippen LogP contribution in [0.1, 0.15) is 0 Å². The van der Waals surface area contributed by atoms with Crippen molar-refractivity contribution in [2.24, 2.45) is 0 Å². The number of hydrogen-bond donors (Lipinski definition) is 1. The fraction of sp³-hybridized carbons (Fsp3) is 0.400. The highest BCUT2D eigenvalue weighted by atomic mass is 35.6. The molecule has 0 radical (unpaired) electrons. The molecule has 0 amide bonds. The summed E-state index contributed by atoms with van der Waals surface area (Å²) in [6.45, 7) is 3.14. The maximum absolute atomic E-state index is 10.6. The van der Waals surface area contributed by atoms with Crippen molar-refractivity contribution in [3.8, 4) is 0 Å². The van der Waals surface area contributed by atoms with Gasteiger partial charge in [0, 0.05) is 0 Å². The Kier molecular flexibility index (Phi) is 4.18. The first-order valence-electron chi connectivity index (χ1n) is 2.46. The van der Waals surface area contributed by atoms with Crippen LogP contribution in [0.15, 0.2) is 12.7 Å². The monoisotopic (exact) mass is 218 g/mol. The minimum Gasteiger partial charge on any atom is -0.429 e. The van der Waals surface area contributed by atoms with Crippen molar-refractivity contribution in [3.63, 3.8) is 0 Å². The van der Waals surface area contributed by atoms with Gasteiger partial charge in [0.05, 0.1) is 0 Å². The molecule has 6 heteroatoms. The summed E-state index contributed by atoms with van der Waals surface area (Å²) >= 11 is 15.3. The van der Waals surface area contributed by atoms with Crippen LogP contribution in [-0.2, 0) is 9.53 Å². The normalized spacial score (nSPS) is 13.8. The number of aliphatic hydroxyl groups is 1. The quantitative estimate of drug-likeness (QED) is 0.330. The number of hydrogen-bond acceptors (Lipinski definition) is 3. The van der Waals surface area contributed by atoms with E-state index in [4.69, 9.17) is 39.9 Å². The van der Waals surface area contributed by atoms with Crippen molar-refractivity contribution in [3.05, 3.63) is 12.7 Å². The minimum atomic E-state index is -2.16. The number of aliphatic hydroxyl groups excluding tert-OH is 1. The number of alkyl halides is 3. The zero-order chi connectivity index (χ0) is 9.07. The number of rotatable bonds is 2. The zero-order valence-electron chi connectivity index (χ0n) is 5.26. The molecule has 0 aliphatic heterocycles. The molecule has 64 valence electrons. The summed E-state index contributed by atoms with van der Waals surface area (Å²) in [5.74, 6) is -1.14. The number of esters is 1. The van der Waals surface area contributed by atoms with Crippen molar-refractivity contribution in [2.45, 2.75) is 10.1 Å². The van der Waals surface area contributed by atoms with E-state index in [-0.39, 0.29) is 0 Å². The standard InChI is InChI=1S/C5H5Cl3O3/c1-2-3(9)11-4(10)5(6,7)8/h2-3,9H,1H2. The SMILES string of the molecule is C=CC(O)OC(=O)C(Cl)(Cl)Cl. The predicted octanol–water partition coefficient (Wildman–Crippen LogP) is 1.40. The number of carbonyl (C=O) groups is 1. The second-order valence-corrected chi connectivity index (χ2v) is 3.81. The Bertz CT molecular complexity index is 163. The lowest BCUT2D eigenvalue weighted by Crippen LogP contribution is -2.26. The van der Waals surface area contributed by atoms with Crippen LogP contribution in [0, 0.1) is 0 Å². The Morgan fingerprint density at radius 1 is 1.64 bits per heavy atom. The molecule has 0 saturated heterocycles. The largest absolute Gasteiger partial charge is 0.429 e. The minimum absolute atomic E-state index is 0.980. The van der Waals surface area contributed by atoms with Crippen molar-refractivity contribution >= 4 is 40.8 Å². The average Bonchev–Trinajstić information content (AvgIpc) is 1.85. The van der Waals surface area contributed by atoms with E-state index in [2.05, 4.69) is 11.3 Å². The lowest BCUT2D eigenvalue weighted by atomic mass is 10.6. The van der Waals surface area contributed by atoms with Gasteiger partial charge < -0.3 is 9.84 Å². The molecule has 1 N–H and O–H groups in total. The molecule has 0 aliphatic carbocycles. The fourth-order valence-corrected chi connectivity index (χ4v) is 0.358. The zero-order valence-corrected chi connectivity index (χ0v) is 7.53. The van der Waals surface area contributed by atoms with Gasteiger partial charge in [-0.3, -0.25) is 0 Å². The molecule has 0 saturated carbocycles. The first-order chi connectivity index (χ1) is 4.88. The molecule has 1 unspecified atom stereocenters. The van der Waals surface area contributed by atoms with Crippen LogP contribution >= 0.6 is 34.8 Å². The van der Waals surface area contributed by atoms with Crippen LogP contribution in [0.3, 0.4) is 0 Å². The first kappa shape index (κ1) is 11.0. The van der Waals surface area contributed by atoms with Crippen LogP contribution in [-0.4, -0.2) is 21.2 Å². The van der Waals surface area contributed by atoms with Gasteiger partial charge in [-0.15, -0.1) is 0 Å². The number of carbonyl (C=O) groups excluding carboxylic acids is 1. The van der Waals surface area contributed by atoms with Gasteiger partial charge in [-0.25, -0.2) is 4.79 Å². The average molecular weight is 219 g/mol. The number of halogens is 3. The van der Waals surface area contributed by atoms with Gasteiger partial charge in [0.1, 0.15) is 0 Å². The van der Waals surface area contributed by atoms with Crippen LogP contribution in [0.4, 0.5) is 0 Å². The van der Waals surface area contributed by atoms with Gasteiger partial charge in [0.2, 0.25) is 6.29 Å². The van der Waals surface area contributed by atoms with E-state index in [1.165, 1.54) is 0 Å². The van der Waals surface area contributed by atoms with E-state index in [1.54, 1.807) is 0 Å². The molecule has 1 atom stereocenters. The van der Waals surface area contributed by atoms with Crippen LogP contribution in [0.2, 0.25) is 0 Å². The van der Waals surface area contributed by atoms with Gasteiger partial charge in [-0.05, 0) is 6.08 Å². The van der Waals surface area contributed by atoms with E-state index in [1.807, 2.05) is 0 Å². The molecular formula is C5H5Cl3O3. The number of ether oxygens (including phenoxy) is 1. The summed E-state index contributed by atoms with van der Waals surface area (Å²) in [7, 11) is 0. The van der Waals surface area contributed by atoms with Gasteiger partial charge in [-0.1, -0.05) is 41.4 Å². The summed E-state index contributed by atoms with van der Waals surface area (Å²) in [6.07, 6.45) is -0.466. The molecule has 0 aromatic heterocycles. The summed E-state index contributed by atoms with van der Waals surface area (Å²) in [5.41, 5.74) is 0. The lowest BCUT2D eigenvalue weighted by Gasteiger charge is -2.12. The fourth-order valence-electron chi connectivity index (χ4n) is 0.225. The molecule has 0 aromatic rings. The first-order valence-corrected chi connectivity index (χ1v) is 3.59. The molecule has 0 heterocycles. The van der Waals surface area contributed by atoms with E-state index in [9.17, 15) is 4.79 Å². The molecular weight excluding hydrogens is 214 g/mol. The molecule has 11 heavy (non-hydrogen) atoms. The molecule has 0 aromatic carbocycles. The second kappa shape index (κ2) is 4.16. The molecule has 0 spiro atoms. The smallest absolute Gasteiger partial charge is 0.361 e. The lowest BCUT2D eigenvalue weighted by molar-refractivity contribution is -0.159. The van der Waals surface area contributed by atoms with E-state index in [0.717, 1.165) is 6.08 Å². The van der Waals surface area contributed by atoms with Crippen LogP contribution in [0.25, 0.3) is 0 Å². The van der Waals surface area contributed by atoms with Gasteiger partial charge in [0.25, 0.3) is 3.79 Å². The summed E-state index contributed by atoms with van der Waals surface area (Å²) in [4.78, 5) is 10.6. The van der Waals surface area contributed by atoms with E-state index >= 15 is 0 Å². The van der Waals surface area contributed by atoms with E-state index in [0.29, 0.717) is 0 Å². The third-order valence-corrected chi connectivity index (χ3v) is 1.12. The van der Waals surface area contributed by atoms with Gasteiger partial charge in [-0.2, -0.15) is 0 Å². The highest BCUT2D eigenvalue weighted by Gasteiger charge is 2.33. The molecule has 3 nitrogen and oxygen atoms in total. The van der Waals surface area contributed by atoms with Crippen molar-refractivity contribution in [2.75, 3.05) is 0 Å². The Labute approximate surface area is 78.5 Å². The van der Waals surface area contributed by atoms with Gasteiger partial charge >= 0.3 is 5.97 Å². The summed E-state index contributed by atoms with van der Waals surface area (Å²) in [5, 5.41) is 8.65. The topological polar surface area (TPSA) is 46.5 Å². The Balaban J connectivity index is 3.98. The summed E-state index contributed by atoms with van der Waals surface area (Å²) in [6, 6.07) is 0. The van der Waals surface area contributed by atoms with Crippen LogP contribution < -0.4 is 0 Å². The third kappa shape index (κ3) is 4.48. The van der Waals surface area contributed by atoms with Gasteiger partial charge in [0.15, 0.2) is 0 Å². The predicted molar refractivity (Wildman–Crippen MR) is 42.6 cm³/mol. The second-order valence-electron chi connectivity index (χ2n) is 1.53. The Hall–Kier alpha value is 0.0400. The molecule has 0 fully saturated rings. The van der Waals surface area contributed by atoms with Crippen molar-refractivity contribution in [1.82, 2.24) is 0 Å².